The first-order valence-corrected chi connectivity index (χ1v) is 10.5. The van der Waals surface area contributed by atoms with Gasteiger partial charge in [0, 0.05) is 34.5 Å². The number of para-hydroxylation sites is 1. The van der Waals surface area contributed by atoms with E-state index in [-0.39, 0.29) is 0 Å². The van der Waals surface area contributed by atoms with Gasteiger partial charge in [-0.05, 0) is 54.7 Å². The van der Waals surface area contributed by atoms with E-state index in [1.807, 2.05) is 72.8 Å². The fraction of sp³-hybridized carbons (Fsp3) is 0. The average Bonchev–Trinajstić information content (AvgIpc) is 2.84. The van der Waals surface area contributed by atoms with E-state index in [1.165, 1.54) is 0 Å². The molecule has 0 spiro atoms. The molecule has 7 heteroatoms. The van der Waals surface area contributed by atoms with Gasteiger partial charge in [-0.25, -0.2) is 9.97 Å². The van der Waals surface area contributed by atoms with Crippen LogP contribution in [0.2, 0.25) is 0 Å². The molecule has 6 nitrogen and oxygen atoms in total. The van der Waals surface area contributed by atoms with E-state index in [9.17, 15) is 0 Å². The molecule has 3 aromatic heterocycles. The summed E-state index contributed by atoms with van der Waals surface area (Å²) in [5, 5.41) is 8.94. The van der Waals surface area contributed by atoms with Crippen LogP contribution >= 0.6 is 12.2 Å². The minimum Gasteiger partial charge on any atom is -0.332 e. The summed E-state index contributed by atoms with van der Waals surface area (Å²) in [7, 11) is 0. The molecule has 0 fully saturated rings. The SMILES string of the molecule is S=C(Nc1ccccc1)Nc1ccc2nc3c4ncccc4c4cccnc4c3nc2c1. The third-order valence-electron chi connectivity index (χ3n) is 5.31. The molecule has 0 unspecified atom stereocenters. The van der Waals surface area contributed by atoms with Crippen LogP contribution in [0.15, 0.2) is 85.2 Å². The molecule has 0 saturated carbocycles. The Morgan fingerprint density at radius 3 is 1.91 bits per heavy atom. The molecule has 3 aromatic carbocycles. The van der Waals surface area contributed by atoms with Crippen LogP contribution in [-0.2, 0) is 0 Å². The number of fused-ring (bicyclic) bond motifs is 7. The van der Waals surface area contributed by atoms with Crippen LogP contribution in [0, 0.1) is 0 Å². The summed E-state index contributed by atoms with van der Waals surface area (Å²) in [5.41, 5.74) is 6.43. The number of anilines is 2. The largest absolute Gasteiger partial charge is 0.332 e. The lowest BCUT2D eigenvalue weighted by molar-refractivity contribution is 1.35. The maximum absolute atomic E-state index is 5.46. The monoisotopic (exact) mass is 432 g/mol. The van der Waals surface area contributed by atoms with Gasteiger partial charge < -0.3 is 10.6 Å². The number of nitrogens with zero attached hydrogens (tertiary/aromatic N) is 4. The van der Waals surface area contributed by atoms with Crippen molar-refractivity contribution in [2.45, 2.75) is 0 Å². The van der Waals surface area contributed by atoms with Gasteiger partial charge in [0.2, 0.25) is 0 Å². The second-order valence-corrected chi connectivity index (χ2v) is 7.78. The molecule has 0 saturated heterocycles. The van der Waals surface area contributed by atoms with E-state index < -0.39 is 0 Å². The van der Waals surface area contributed by atoms with Crippen molar-refractivity contribution in [3.05, 3.63) is 85.2 Å². The van der Waals surface area contributed by atoms with Gasteiger partial charge in [-0.1, -0.05) is 30.3 Å². The molecule has 6 rings (SSSR count). The first-order chi connectivity index (χ1) is 15.8. The molecule has 32 heavy (non-hydrogen) atoms. The van der Waals surface area contributed by atoms with Crippen molar-refractivity contribution in [2.75, 3.05) is 10.6 Å². The van der Waals surface area contributed by atoms with Crippen molar-refractivity contribution in [3.8, 4) is 0 Å². The number of nitrogens with one attached hydrogen (secondary N) is 2. The van der Waals surface area contributed by atoms with Crippen LogP contribution in [0.4, 0.5) is 11.4 Å². The summed E-state index contributed by atoms with van der Waals surface area (Å²) in [6.07, 6.45) is 3.56. The number of pyridine rings is 2. The minimum absolute atomic E-state index is 0.506. The van der Waals surface area contributed by atoms with Crippen molar-refractivity contribution in [2.24, 2.45) is 0 Å². The van der Waals surface area contributed by atoms with Crippen LogP contribution in [0.25, 0.3) is 43.9 Å². The lowest BCUT2D eigenvalue weighted by atomic mass is 10.1. The van der Waals surface area contributed by atoms with Crippen molar-refractivity contribution in [1.82, 2.24) is 19.9 Å². The van der Waals surface area contributed by atoms with E-state index in [1.54, 1.807) is 12.4 Å². The van der Waals surface area contributed by atoms with Gasteiger partial charge in [-0.2, -0.15) is 0 Å². The summed E-state index contributed by atoms with van der Waals surface area (Å²) in [4.78, 5) is 19.0. The molecule has 0 atom stereocenters. The molecular formula is C25H16N6S. The quantitative estimate of drug-likeness (QED) is 0.207. The van der Waals surface area contributed by atoms with Gasteiger partial charge in [0.25, 0.3) is 0 Å². The summed E-state index contributed by atoms with van der Waals surface area (Å²) >= 11 is 5.46. The normalized spacial score (nSPS) is 11.2. The van der Waals surface area contributed by atoms with E-state index >= 15 is 0 Å². The molecule has 3 heterocycles. The zero-order valence-electron chi connectivity index (χ0n) is 16.8. The topological polar surface area (TPSA) is 75.6 Å². The Morgan fingerprint density at radius 1 is 0.594 bits per heavy atom. The molecule has 0 amide bonds. The molecule has 152 valence electrons. The van der Waals surface area contributed by atoms with Crippen molar-refractivity contribution < 1.29 is 0 Å². The highest BCUT2D eigenvalue weighted by Gasteiger charge is 2.14. The number of hydrogen-bond acceptors (Lipinski definition) is 5. The second kappa shape index (κ2) is 7.47. The molecule has 2 N–H and O–H groups in total. The number of thiocarbonyl (C=S) groups is 1. The van der Waals surface area contributed by atoms with E-state index in [0.717, 1.165) is 55.2 Å². The summed E-state index contributed by atoms with van der Waals surface area (Å²) in [5.74, 6) is 0. The summed E-state index contributed by atoms with van der Waals surface area (Å²) < 4.78 is 0. The zero-order chi connectivity index (χ0) is 21.5. The zero-order valence-corrected chi connectivity index (χ0v) is 17.6. The Hall–Kier alpha value is -4.23. The smallest absolute Gasteiger partial charge is 0.175 e. The third-order valence-corrected chi connectivity index (χ3v) is 5.51. The Labute approximate surface area is 188 Å². The van der Waals surface area contributed by atoms with Crippen molar-refractivity contribution >= 4 is 72.6 Å². The number of rotatable bonds is 2. The Bertz CT molecular complexity index is 1650. The predicted molar refractivity (Wildman–Crippen MR) is 134 cm³/mol. The maximum atomic E-state index is 5.46. The van der Waals surface area contributed by atoms with Crippen molar-refractivity contribution in [3.63, 3.8) is 0 Å². The van der Waals surface area contributed by atoms with Crippen LogP contribution in [-0.4, -0.2) is 25.0 Å². The summed E-state index contributed by atoms with van der Waals surface area (Å²) in [6, 6.07) is 23.6. The lowest BCUT2D eigenvalue weighted by Gasteiger charge is -2.12. The Kier molecular flexibility index (Phi) is 4.33. The highest BCUT2D eigenvalue weighted by molar-refractivity contribution is 7.80. The van der Waals surface area contributed by atoms with E-state index in [0.29, 0.717) is 5.11 Å². The van der Waals surface area contributed by atoms with Crippen molar-refractivity contribution in [1.29, 1.82) is 0 Å². The molecule has 6 aromatic rings. The highest BCUT2D eigenvalue weighted by Crippen LogP contribution is 2.32. The summed E-state index contributed by atoms with van der Waals surface area (Å²) in [6.45, 7) is 0. The van der Waals surface area contributed by atoms with Crippen LogP contribution < -0.4 is 10.6 Å². The van der Waals surface area contributed by atoms with Gasteiger partial charge in [-0.3, -0.25) is 9.97 Å². The van der Waals surface area contributed by atoms with Crippen LogP contribution in [0.3, 0.4) is 0 Å². The van der Waals surface area contributed by atoms with Gasteiger partial charge in [0.15, 0.2) is 5.11 Å². The third kappa shape index (κ3) is 3.16. The molecule has 0 aliphatic rings. The first kappa shape index (κ1) is 18.5. The van der Waals surface area contributed by atoms with E-state index in [2.05, 4.69) is 20.6 Å². The fourth-order valence-electron chi connectivity index (χ4n) is 3.90. The number of aromatic nitrogens is 4. The molecular weight excluding hydrogens is 416 g/mol. The molecule has 0 bridgehead atoms. The molecule has 0 aliphatic heterocycles. The Balaban J connectivity index is 1.47. The van der Waals surface area contributed by atoms with Crippen LogP contribution in [0.5, 0.6) is 0 Å². The first-order valence-electron chi connectivity index (χ1n) is 10.1. The van der Waals surface area contributed by atoms with Gasteiger partial charge in [0.1, 0.15) is 11.0 Å². The molecule has 0 radical (unpaired) electrons. The van der Waals surface area contributed by atoms with Gasteiger partial charge in [0.05, 0.1) is 22.1 Å². The molecule has 0 aliphatic carbocycles. The number of hydrogen-bond donors (Lipinski definition) is 2. The van der Waals surface area contributed by atoms with Crippen LogP contribution in [0.1, 0.15) is 0 Å². The fourth-order valence-corrected chi connectivity index (χ4v) is 4.14. The van der Waals surface area contributed by atoms with E-state index in [4.69, 9.17) is 22.2 Å². The second-order valence-electron chi connectivity index (χ2n) is 7.37. The van der Waals surface area contributed by atoms with Gasteiger partial charge >= 0.3 is 0 Å². The predicted octanol–water partition coefficient (Wildman–Crippen LogP) is 5.69. The minimum atomic E-state index is 0.506. The standard InChI is InChI=1S/C25H16N6S/c32-25(28-15-6-2-1-3-7-15)29-16-10-11-19-20(14-16)31-24-22-18(9-5-13-27-22)17-8-4-12-26-21(17)23(24)30-19/h1-14H,(H2,28,29,32). The lowest BCUT2D eigenvalue weighted by Crippen LogP contribution is -2.18. The number of benzene rings is 3. The maximum Gasteiger partial charge on any atom is 0.175 e. The van der Waals surface area contributed by atoms with Gasteiger partial charge in [-0.15, -0.1) is 0 Å². The Morgan fingerprint density at radius 2 is 1.22 bits per heavy atom. The average molecular weight is 433 g/mol. The highest BCUT2D eigenvalue weighted by atomic mass is 32.1.